The van der Waals surface area contributed by atoms with Crippen molar-refractivity contribution < 1.29 is 14.4 Å². The van der Waals surface area contributed by atoms with Crippen molar-refractivity contribution >= 4 is 24.8 Å². The highest BCUT2D eigenvalue weighted by Crippen LogP contribution is 2.38. The molecule has 0 radical (unpaired) electrons. The summed E-state index contributed by atoms with van der Waals surface area (Å²) in [6.07, 6.45) is 1.88. The van der Waals surface area contributed by atoms with E-state index in [-0.39, 0.29) is 5.75 Å². The fourth-order valence-corrected chi connectivity index (χ4v) is 2.23. The molecule has 21 heavy (non-hydrogen) atoms. The van der Waals surface area contributed by atoms with Crippen molar-refractivity contribution in [3.05, 3.63) is 34.3 Å². The Hall–Kier alpha value is -1.01. The third-order valence-corrected chi connectivity index (χ3v) is 4.42. The van der Waals surface area contributed by atoms with E-state index in [1.54, 1.807) is 18.2 Å². The summed E-state index contributed by atoms with van der Waals surface area (Å²) in [5.41, 5.74) is 6.70. The minimum absolute atomic E-state index is 0.0544. The van der Waals surface area contributed by atoms with Crippen molar-refractivity contribution in [3.8, 4) is 5.75 Å². The first kappa shape index (κ1) is 16.4. The Bertz CT molecular complexity index is 556. The van der Waals surface area contributed by atoms with Crippen LogP contribution < -0.4 is 5.73 Å². The second-order valence-corrected chi connectivity index (χ2v) is 6.63. The molecule has 0 amide bonds. The number of benzene rings is 1. The molecule has 1 aromatic carbocycles. The zero-order valence-corrected chi connectivity index (χ0v) is 13.6. The summed E-state index contributed by atoms with van der Waals surface area (Å²) in [6, 6.07) is 4.99. The highest BCUT2D eigenvalue weighted by atomic mass is 35.5. The summed E-state index contributed by atoms with van der Waals surface area (Å²) in [6.45, 7) is 8.31. The summed E-state index contributed by atoms with van der Waals surface area (Å²) < 4.78 is 12.0. The van der Waals surface area contributed by atoms with Gasteiger partial charge in [0.15, 0.2) is 0 Å². The maximum atomic E-state index is 9.46. The van der Waals surface area contributed by atoms with Gasteiger partial charge >= 0.3 is 7.12 Å². The van der Waals surface area contributed by atoms with Crippen LogP contribution in [0.2, 0.25) is 5.02 Å². The first-order valence-electron chi connectivity index (χ1n) is 6.91. The molecule has 6 heteroatoms. The van der Waals surface area contributed by atoms with Gasteiger partial charge in [0.2, 0.25) is 0 Å². The Labute approximate surface area is 131 Å². The summed E-state index contributed by atoms with van der Waals surface area (Å²) in [5, 5.41) is 9.76. The Kier molecular flexibility index (Phi) is 4.40. The van der Waals surface area contributed by atoms with Crippen molar-refractivity contribution in [1.29, 1.82) is 0 Å². The lowest BCUT2D eigenvalue weighted by Crippen LogP contribution is -2.41. The lowest BCUT2D eigenvalue weighted by molar-refractivity contribution is 0.00578. The van der Waals surface area contributed by atoms with Gasteiger partial charge in [0.05, 0.1) is 16.2 Å². The molecule has 0 aromatic heterocycles. The molecule has 1 fully saturated rings. The molecule has 1 aliphatic rings. The number of aromatic hydroxyl groups is 1. The highest BCUT2D eigenvalue weighted by molar-refractivity contribution is 6.55. The zero-order chi connectivity index (χ0) is 15.8. The Morgan fingerprint density at radius 2 is 1.86 bits per heavy atom. The summed E-state index contributed by atoms with van der Waals surface area (Å²) in [7, 11) is -0.479. The quantitative estimate of drug-likeness (QED) is 0.842. The number of phenolic OH excluding ortho intramolecular Hbond substituents is 1. The van der Waals surface area contributed by atoms with Crippen LogP contribution in [0.1, 0.15) is 33.3 Å². The molecule has 0 bridgehead atoms. The van der Waals surface area contributed by atoms with E-state index in [9.17, 15) is 5.11 Å². The molecule has 1 aromatic rings. The number of nitrogens with two attached hydrogens (primary N) is 1. The molecule has 0 spiro atoms. The molecule has 0 atom stereocenters. The molecule has 1 saturated heterocycles. The monoisotopic (exact) mass is 309 g/mol. The highest BCUT2D eigenvalue weighted by Gasteiger charge is 2.52. The van der Waals surface area contributed by atoms with Crippen molar-refractivity contribution in [2.24, 2.45) is 5.73 Å². The maximum Gasteiger partial charge on any atom is 0.491 e. The summed E-state index contributed by atoms with van der Waals surface area (Å²) in [4.78, 5) is 0. The van der Waals surface area contributed by atoms with Gasteiger partial charge in [0.25, 0.3) is 0 Å². The molecule has 1 aliphatic heterocycles. The van der Waals surface area contributed by atoms with Crippen LogP contribution in [-0.4, -0.2) is 30.0 Å². The number of hydrogen-bond acceptors (Lipinski definition) is 4. The molecule has 1 heterocycles. The van der Waals surface area contributed by atoms with Crippen molar-refractivity contribution in [1.82, 2.24) is 0 Å². The number of halogens is 1. The van der Waals surface area contributed by atoms with Crippen LogP contribution in [0.25, 0.3) is 6.08 Å². The van der Waals surface area contributed by atoms with Crippen LogP contribution in [-0.2, 0) is 9.31 Å². The Morgan fingerprint density at radius 1 is 1.29 bits per heavy atom. The topological polar surface area (TPSA) is 64.7 Å². The van der Waals surface area contributed by atoms with E-state index in [0.29, 0.717) is 11.6 Å². The van der Waals surface area contributed by atoms with Crippen molar-refractivity contribution in [2.75, 3.05) is 6.54 Å². The minimum Gasteiger partial charge on any atom is -0.506 e. The molecule has 0 unspecified atom stereocenters. The lowest BCUT2D eigenvalue weighted by atomic mass is 9.77. The normalized spacial score (nSPS) is 20.9. The van der Waals surface area contributed by atoms with E-state index in [1.807, 2.05) is 33.8 Å². The lowest BCUT2D eigenvalue weighted by Gasteiger charge is -2.32. The molecule has 114 valence electrons. The van der Waals surface area contributed by atoms with E-state index in [4.69, 9.17) is 26.6 Å². The molecule has 3 N–H and O–H groups in total. The molecule has 2 rings (SSSR count). The van der Waals surface area contributed by atoms with E-state index in [2.05, 4.69) is 0 Å². The van der Waals surface area contributed by atoms with Gasteiger partial charge < -0.3 is 20.1 Å². The van der Waals surface area contributed by atoms with Crippen LogP contribution in [0.15, 0.2) is 23.7 Å². The fourth-order valence-electron chi connectivity index (χ4n) is 2.04. The fraction of sp³-hybridized carbons (Fsp3) is 0.467. The van der Waals surface area contributed by atoms with E-state index in [1.165, 1.54) is 0 Å². The van der Waals surface area contributed by atoms with Gasteiger partial charge in [-0.3, -0.25) is 0 Å². The largest absolute Gasteiger partial charge is 0.506 e. The standard InChI is InChI=1S/C15H21BClNO3/c1-14(2)15(3,4)21-16(20-14)11(9-18)7-10-5-6-13(19)12(17)8-10/h5-8,19H,9,18H2,1-4H3. The average molecular weight is 310 g/mol. The smallest absolute Gasteiger partial charge is 0.491 e. The second kappa shape index (κ2) is 5.65. The summed E-state index contributed by atoms with van der Waals surface area (Å²) >= 11 is 5.92. The zero-order valence-electron chi connectivity index (χ0n) is 12.8. The van der Waals surface area contributed by atoms with Gasteiger partial charge in [-0.2, -0.15) is 0 Å². The Morgan fingerprint density at radius 3 is 2.33 bits per heavy atom. The minimum atomic E-state index is -0.479. The Balaban J connectivity index is 2.28. The molecule has 4 nitrogen and oxygen atoms in total. The number of rotatable bonds is 3. The van der Waals surface area contributed by atoms with Crippen LogP contribution in [0.3, 0.4) is 0 Å². The first-order valence-corrected chi connectivity index (χ1v) is 7.29. The van der Waals surface area contributed by atoms with Gasteiger partial charge in [-0.15, -0.1) is 0 Å². The average Bonchev–Trinajstić information content (AvgIpc) is 2.59. The third-order valence-electron chi connectivity index (χ3n) is 4.12. The molecular weight excluding hydrogens is 288 g/mol. The van der Waals surface area contributed by atoms with Gasteiger partial charge in [-0.25, -0.2) is 0 Å². The van der Waals surface area contributed by atoms with Crippen molar-refractivity contribution in [3.63, 3.8) is 0 Å². The molecule has 0 aliphatic carbocycles. The maximum absolute atomic E-state index is 9.46. The predicted octanol–water partition coefficient (Wildman–Crippen LogP) is 3.02. The molecular formula is C15H21BClNO3. The SMILES string of the molecule is CC1(C)OB(C(=Cc2ccc(O)c(Cl)c2)CN)OC1(C)C. The van der Waals surface area contributed by atoms with E-state index >= 15 is 0 Å². The van der Waals surface area contributed by atoms with Gasteiger partial charge in [0.1, 0.15) is 5.75 Å². The number of hydrogen-bond donors (Lipinski definition) is 2. The second-order valence-electron chi connectivity index (χ2n) is 6.22. The third kappa shape index (κ3) is 3.26. The van der Waals surface area contributed by atoms with Crippen LogP contribution in [0.4, 0.5) is 0 Å². The van der Waals surface area contributed by atoms with Crippen LogP contribution in [0, 0.1) is 0 Å². The predicted molar refractivity (Wildman–Crippen MR) is 86.2 cm³/mol. The van der Waals surface area contributed by atoms with Crippen LogP contribution >= 0.6 is 11.6 Å². The van der Waals surface area contributed by atoms with E-state index < -0.39 is 18.3 Å². The van der Waals surface area contributed by atoms with Gasteiger partial charge in [-0.05, 0) is 50.9 Å². The van der Waals surface area contributed by atoms with Crippen molar-refractivity contribution in [2.45, 2.75) is 38.9 Å². The molecule has 0 saturated carbocycles. The van der Waals surface area contributed by atoms with Gasteiger partial charge in [0, 0.05) is 6.54 Å². The first-order chi connectivity index (χ1) is 9.66. The van der Waals surface area contributed by atoms with Gasteiger partial charge in [-0.1, -0.05) is 23.7 Å². The van der Waals surface area contributed by atoms with Crippen LogP contribution in [0.5, 0.6) is 5.75 Å². The number of phenols is 1. The van der Waals surface area contributed by atoms with E-state index in [0.717, 1.165) is 11.0 Å². The summed E-state index contributed by atoms with van der Waals surface area (Å²) in [5.74, 6) is 0.0544.